The van der Waals surface area contributed by atoms with Gasteiger partial charge in [0.1, 0.15) is 0 Å². The maximum atomic E-state index is 11.3. The quantitative estimate of drug-likeness (QED) is 0.485. The second-order valence-corrected chi connectivity index (χ2v) is 3.30. The molecule has 0 spiro atoms. The normalized spacial score (nSPS) is 14.0. The fourth-order valence-electron chi connectivity index (χ4n) is 1.13. The van der Waals surface area contributed by atoms with E-state index in [1.54, 1.807) is 6.92 Å². The Morgan fingerprint density at radius 2 is 2.08 bits per heavy atom. The van der Waals surface area contributed by atoms with Crippen LogP contribution in [0.5, 0.6) is 0 Å². The van der Waals surface area contributed by atoms with E-state index in [1.165, 1.54) is 0 Å². The number of esters is 1. The number of rotatable bonds is 5. The van der Waals surface area contributed by atoms with E-state index in [2.05, 4.69) is 6.92 Å². The first-order valence-electron chi connectivity index (χ1n) is 4.99. The summed E-state index contributed by atoms with van der Waals surface area (Å²) in [5, 5.41) is 0. The summed E-state index contributed by atoms with van der Waals surface area (Å²) < 4.78 is 5.20. The minimum Gasteiger partial charge on any atom is -0.459 e. The van der Waals surface area contributed by atoms with Gasteiger partial charge in [0, 0.05) is 5.57 Å². The predicted molar refractivity (Wildman–Crippen MR) is 54.5 cm³/mol. The van der Waals surface area contributed by atoms with Gasteiger partial charge < -0.3 is 4.74 Å². The van der Waals surface area contributed by atoms with Crippen LogP contribution in [0.4, 0.5) is 0 Å². The maximum Gasteiger partial charge on any atom is 0.333 e. The van der Waals surface area contributed by atoms with Gasteiger partial charge >= 0.3 is 5.97 Å². The highest BCUT2D eigenvalue weighted by Crippen LogP contribution is 2.05. The van der Waals surface area contributed by atoms with E-state index in [-0.39, 0.29) is 12.1 Å². The first kappa shape index (κ1) is 12.2. The molecule has 1 atom stereocenters. The topological polar surface area (TPSA) is 26.3 Å². The standard InChI is InChI=1S/C11H20O2/c1-5-7-9(3)11(12)13-10(4)8-6-2/h7,10H,5-6,8H2,1-4H3/t10-/m0/s1. The number of allylic oxidation sites excluding steroid dienone is 1. The lowest BCUT2D eigenvalue weighted by molar-refractivity contribution is -0.143. The van der Waals surface area contributed by atoms with Gasteiger partial charge in [-0.05, 0) is 26.7 Å². The molecule has 0 aliphatic carbocycles. The van der Waals surface area contributed by atoms with Crippen LogP contribution in [0.3, 0.4) is 0 Å². The Bertz CT molecular complexity index is 183. The molecule has 0 saturated heterocycles. The smallest absolute Gasteiger partial charge is 0.333 e. The van der Waals surface area contributed by atoms with E-state index >= 15 is 0 Å². The van der Waals surface area contributed by atoms with E-state index in [9.17, 15) is 4.79 Å². The Hall–Kier alpha value is -0.790. The minimum atomic E-state index is -0.178. The Morgan fingerprint density at radius 3 is 2.54 bits per heavy atom. The molecule has 0 bridgehead atoms. The van der Waals surface area contributed by atoms with Gasteiger partial charge in [0.15, 0.2) is 0 Å². The van der Waals surface area contributed by atoms with Gasteiger partial charge in [-0.3, -0.25) is 0 Å². The molecule has 0 N–H and O–H groups in total. The monoisotopic (exact) mass is 184 g/mol. The van der Waals surface area contributed by atoms with Gasteiger partial charge in [0.05, 0.1) is 6.10 Å². The molecule has 13 heavy (non-hydrogen) atoms. The molecule has 0 aliphatic rings. The van der Waals surface area contributed by atoms with Crippen molar-refractivity contribution < 1.29 is 9.53 Å². The zero-order valence-corrected chi connectivity index (χ0v) is 9.09. The summed E-state index contributed by atoms with van der Waals surface area (Å²) in [4.78, 5) is 11.3. The van der Waals surface area contributed by atoms with Crippen LogP contribution in [0.1, 0.15) is 47.0 Å². The van der Waals surface area contributed by atoms with Crippen molar-refractivity contribution in [1.29, 1.82) is 0 Å². The average Bonchev–Trinajstić information content (AvgIpc) is 2.05. The third-order valence-electron chi connectivity index (χ3n) is 1.84. The highest BCUT2D eigenvalue weighted by atomic mass is 16.5. The summed E-state index contributed by atoms with van der Waals surface area (Å²) >= 11 is 0. The summed E-state index contributed by atoms with van der Waals surface area (Å²) in [7, 11) is 0. The molecule has 0 rings (SSSR count). The Labute approximate surface area is 81.0 Å². The van der Waals surface area contributed by atoms with Gasteiger partial charge in [-0.25, -0.2) is 4.79 Å². The van der Waals surface area contributed by atoms with Gasteiger partial charge in [-0.1, -0.05) is 26.3 Å². The molecule has 2 nitrogen and oxygen atoms in total. The van der Waals surface area contributed by atoms with Crippen molar-refractivity contribution >= 4 is 5.97 Å². The number of hydrogen-bond acceptors (Lipinski definition) is 2. The lowest BCUT2D eigenvalue weighted by Gasteiger charge is -2.11. The number of carbonyl (C=O) groups excluding carboxylic acids is 1. The van der Waals surface area contributed by atoms with Gasteiger partial charge in [0.2, 0.25) is 0 Å². The van der Waals surface area contributed by atoms with Crippen LogP contribution in [-0.2, 0) is 9.53 Å². The highest BCUT2D eigenvalue weighted by molar-refractivity contribution is 5.87. The number of hydrogen-bond donors (Lipinski definition) is 0. The summed E-state index contributed by atoms with van der Waals surface area (Å²) in [5.74, 6) is -0.178. The third-order valence-corrected chi connectivity index (χ3v) is 1.84. The fourth-order valence-corrected chi connectivity index (χ4v) is 1.13. The zero-order valence-electron chi connectivity index (χ0n) is 9.09. The maximum absolute atomic E-state index is 11.3. The van der Waals surface area contributed by atoms with Crippen molar-refractivity contribution in [3.05, 3.63) is 11.6 Å². The molecule has 0 aromatic carbocycles. The largest absolute Gasteiger partial charge is 0.459 e. The van der Waals surface area contributed by atoms with Crippen LogP contribution in [0, 0.1) is 0 Å². The SMILES string of the molecule is CCC=C(C)C(=O)O[C@@H](C)CCC. The number of ether oxygens (including phenoxy) is 1. The molecule has 76 valence electrons. The molecule has 0 heterocycles. The molecule has 0 radical (unpaired) electrons. The van der Waals surface area contributed by atoms with Crippen molar-refractivity contribution in [2.24, 2.45) is 0 Å². The summed E-state index contributed by atoms with van der Waals surface area (Å²) in [6.07, 6.45) is 4.79. The van der Waals surface area contributed by atoms with Crippen LogP contribution in [-0.4, -0.2) is 12.1 Å². The highest BCUT2D eigenvalue weighted by Gasteiger charge is 2.09. The molecule has 0 fully saturated rings. The van der Waals surface area contributed by atoms with Crippen LogP contribution in [0.2, 0.25) is 0 Å². The molecule has 0 saturated carbocycles. The minimum absolute atomic E-state index is 0.0395. The van der Waals surface area contributed by atoms with E-state index in [0.29, 0.717) is 5.57 Å². The zero-order chi connectivity index (χ0) is 10.3. The van der Waals surface area contributed by atoms with Crippen LogP contribution in [0.15, 0.2) is 11.6 Å². The average molecular weight is 184 g/mol. The Balaban J connectivity index is 3.92. The van der Waals surface area contributed by atoms with E-state index < -0.39 is 0 Å². The molecular formula is C11H20O2. The molecular weight excluding hydrogens is 164 g/mol. The van der Waals surface area contributed by atoms with Crippen molar-refractivity contribution in [2.75, 3.05) is 0 Å². The van der Waals surface area contributed by atoms with E-state index in [1.807, 2.05) is 19.9 Å². The van der Waals surface area contributed by atoms with Crippen LogP contribution in [0.25, 0.3) is 0 Å². The second-order valence-electron chi connectivity index (χ2n) is 3.30. The Kier molecular flexibility index (Phi) is 6.29. The first-order chi connectivity index (χ1) is 6.11. The lowest BCUT2D eigenvalue weighted by Crippen LogP contribution is -2.15. The van der Waals surface area contributed by atoms with Crippen molar-refractivity contribution in [1.82, 2.24) is 0 Å². The van der Waals surface area contributed by atoms with Crippen molar-refractivity contribution in [3.63, 3.8) is 0 Å². The summed E-state index contributed by atoms with van der Waals surface area (Å²) in [5.41, 5.74) is 0.713. The second kappa shape index (κ2) is 6.70. The predicted octanol–water partition coefficient (Wildman–Crippen LogP) is 3.07. The molecule has 2 heteroatoms. The lowest BCUT2D eigenvalue weighted by atomic mass is 10.2. The first-order valence-corrected chi connectivity index (χ1v) is 4.99. The molecule has 0 unspecified atom stereocenters. The summed E-state index contributed by atoms with van der Waals surface area (Å²) in [6.45, 7) is 7.82. The molecule has 0 amide bonds. The van der Waals surface area contributed by atoms with E-state index in [0.717, 1.165) is 19.3 Å². The Morgan fingerprint density at radius 1 is 1.46 bits per heavy atom. The van der Waals surface area contributed by atoms with Gasteiger partial charge in [-0.15, -0.1) is 0 Å². The van der Waals surface area contributed by atoms with E-state index in [4.69, 9.17) is 4.74 Å². The van der Waals surface area contributed by atoms with Crippen LogP contribution >= 0.6 is 0 Å². The third kappa shape index (κ3) is 5.45. The fraction of sp³-hybridized carbons (Fsp3) is 0.727. The summed E-state index contributed by atoms with van der Waals surface area (Å²) in [6, 6.07) is 0. The number of carbonyl (C=O) groups is 1. The van der Waals surface area contributed by atoms with Gasteiger partial charge in [-0.2, -0.15) is 0 Å². The van der Waals surface area contributed by atoms with Crippen molar-refractivity contribution in [3.8, 4) is 0 Å². The molecule has 0 aromatic rings. The van der Waals surface area contributed by atoms with Crippen molar-refractivity contribution in [2.45, 2.75) is 53.1 Å². The van der Waals surface area contributed by atoms with Crippen LogP contribution < -0.4 is 0 Å². The molecule has 0 aromatic heterocycles. The molecule has 0 aliphatic heterocycles. The van der Waals surface area contributed by atoms with Gasteiger partial charge in [0.25, 0.3) is 0 Å².